The van der Waals surface area contributed by atoms with E-state index in [2.05, 4.69) is 11.8 Å². The van der Waals surface area contributed by atoms with Gasteiger partial charge in [-0.25, -0.2) is 0 Å². The van der Waals surface area contributed by atoms with Crippen molar-refractivity contribution in [2.45, 2.75) is 6.92 Å². The summed E-state index contributed by atoms with van der Waals surface area (Å²) in [4.78, 5) is 10.7. The van der Waals surface area contributed by atoms with Gasteiger partial charge in [-0.1, -0.05) is 58.2 Å². The molecule has 1 aromatic carbocycles. The topological polar surface area (TPSA) is 44.8 Å². The van der Waals surface area contributed by atoms with Gasteiger partial charge >= 0.3 is 0 Å². The summed E-state index contributed by atoms with van der Waals surface area (Å²) in [5.74, 6) is 6.13. The van der Waals surface area contributed by atoms with Crippen molar-refractivity contribution in [3.8, 4) is 23.3 Å². The van der Waals surface area contributed by atoms with E-state index < -0.39 is 0 Å². The van der Waals surface area contributed by atoms with Gasteiger partial charge in [-0.2, -0.15) is 0 Å². The third-order valence-electron chi connectivity index (χ3n) is 2.35. The van der Waals surface area contributed by atoms with Gasteiger partial charge in [-0.3, -0.25) is 4.79 Å². The zero-order valence-electron chi connectivity index (χ0n) is 12.7. The summed E-state index contributed by atoms with van der Waals surface area (Å²) < 4.78 is 15.9. The SMILES string of the molecule is CC(=O)COCC#CCOc1c(Cl)cc(OCC=C(Cl)Cl)cc1Cl. The van der Waals surface area contributed by atoms with E-state index in [4.69, 9.17) is 60.6 Å². The lowest BCUT2D eigenvalue weighted by atomic mass is 10.3. The van der Waals surface area contributed by atoms with Crippen LogP contribution in [-0.4, -0.2) is 32.2 Å². The van der Waals surface area contributed by atoms with Gasteiger partial charge < -0.3 is 14.2 Å². The Balaban J connectivity index is 2.53. The Hall–Kier alpha value is -1.09. The Morgan fingerprint density at radius 3 is 2.33 bits per heavy atom. The summed E-state index contributed by atoms with van der Waals surface area (Å²) in [6.07, 6.45) is 1.49. The average Bonchev–Trinajstić information content (AvgIpc) is 2.47. The van der Waals surface area contributed by atoms with Crippen LogP contribution in [0.1, 0.15) is 6.92 Å². The first-order chi connectivity index (χ1) is 11.4. The molecule has 4 nitrogen and oxygen atoms in total. The zero-order valence-corrected chi connectivity index (χ0v) is 15.7. The van der Waals surface area contributed by atoms with E-state index in [1.165, 1.54) is 13.0 Å². The Labute approximate surface area is 160 Å². The van der Waals surface area contributed by atoms with E-state index >= 15 is 0 Å². The van der Waals surface area contributed by atoms with Gasteiger partial charge in [0.1, 0.15) is 36.7 Å². The molecule has 0 N–H and O–H groups in total. The molecule has 0 aliphatic heterocycles. The van der Waals surface area contributed by atoms with E-state index in [1.54, 1.807) is 12.1 Å². The molecule has 8 heteroatoms. The van der Waals surface area contributed by atoms with Crippen molar-refractivity contribution >= 4 is 52.2 Å². The minimum absolute atomic E-state index is 0.0405. The minimum atomic E-state index is -0.0577. The van der Waals surface area contributed by atoms with E-state index in [9.17, 15) is 4.79 Å². The van der Waals surface area contributed by atoms with Crippen LogP contribution in [0.4, 0.5) is 0 Å². The van der Waals surface area contributed by atoms with Crippen LogP contribution in [0.3, 0.4) is 0 Å². The molecule has 0 saturated carbocycles. The van der Waals surface area contributed by atoms with Gasteiger partial charge in [-0.15, -0.1) is 0 Å². The Morgan fingerprint density at radius 2 is 1.75 bits per heavy atom. The highest BCUT2D eigenvalue weighted by Crippen LogP contribution is 2.36. The van der Waals surface area contributed by atoms with E-state index in [0.717, 1.165) is 0 Å². The smallest absolute Gasteiger partial charge is 0.158 e. The van der Waals surface area contributed by atoms with Gasteiger partial charge in [0.2, 0.25) is 0 Å². The van der Waals surface area contributed by atoms with Crippen molar-refractivity contribution in [2.75, 3.05) is 26.4 Å². The molecule has 0 saturated heterocycles. The molecule has 0 amide bonds. The van der Waals surface area contributed by atoms with E-state index in [1.807, 2.05) is 0 Å². The van der Waals surface area contributed by atoms with Crippen LogP contribution in [0.15, 0.2) is 22.7 Å². The number of halogens is 4. The fourth-order valence-corrected chi connectivity index (χ4v) is 2.12. The predicted octanol–water partition coefficient (Wildman–Crippen LogP) is 4.68. The second kappa shape index (κ2) is 11.5. The van der Waals surface area contributed by atoms with Crippen LogP contribution >= 0.6 is 46.4 Å². The van der Waals surface area contributed by atoms with Crippen molar-refractivity contribution in [3.63, 3.8) is 0 Å². The molecular weight excluding hydrogens is 398 g/mol. The quantitative estimate of drug-likeness (QED) is 0.460. The van der Waals surface area contributed by atoms with Gasteiger partial charge in [0.25, 0.3) is 0 Å². The molecular formula is C16H14Cl4O4. The van der Waals surface area contributed by atoms with Crippen molar-refractivity contribution in [1.29, 1.82) is 0 Å². The number of ketones is 1. The third kappa shape index (κ3) is 8.68. The minimum Gasteiger partial charge on any atom is -0.489 e. The molecule has 1 rings (SSSR count). The first kappa shape index (κ1) is 21.0. The molecule has 0 atom stereocenters. The summed E-state index contributed by atoms with van der Waals surface area (Å²) in [5.41, 5.74) is 0. The van der Waals surface area contributed by atoms with Crippen LogP contribution in [0.2, 0.25) is 10.0 Å². The Kier molecular flexibility index (Phi) is 10.0. The molecule has 0 aliphatic rings. The second-order valence-electron chi connectivity index (χ2n) is 4.36. The average molecular weight is 412 g/mol. The monoisotopic (exact) mass is 410 g/mol. The molecule has 0 aromatic heterocycles. The molecule has 24 heavy (non-hydrogen) atoms. The highest BCUT2D eigenvalue weighted by molar-refractivity contribution is 6.55. The van der Waals surface area contributed by atoms with Gasteiger partial charge in [0.05, 0.1) is 10.0 Å². The molecule has 130 valence electrons. The van der Waals surface area contributed by atoms with Crippen LogP contribution in [0, 0.1) is 11.8 Å². The molecule has 0 heterocycles. The number of rotatable bonds is 8. The fourth-order valence-electron chi connectivity index (χ4n) is 1.41. The van der Waals surface area contributed by atoms with Crippen LogP contribution in [-0.2, 0) is 9.53 Å². The van der Waals surface area contributed by atoms with E-state index in [0.29, 0.717) is 11.5 Å². The molecule has 0 bridgehead atoms. The normalized spacial score (nSPS) is 9.71. The lowest BCUT2D eigenvalue weighted by Crippen LogP contribution is -2.04. The number of carbonyl (C=O) groups excluding carboxylic acids is 1. The van der Waals surface area contributed by atoms with Crippen LogP contribution in [0.5, 0.6) is 11.5 Å². The van der Waals surface area contributed by atoms with Crippen molar-refractivity contribution in [1.82, 2.24) is 0 Å². The number of ether oxygens (including phenoxy) is 3. The van der Waals surface area contributed by atoms with Gasteiger partial charge in [-0.05, 0) is 13.0 Å². The summed E-state index contributed by atoms with van der Waals surface area (Å²) in [7, 11) is 0. The van der Waals surface area contributed by atoms with Crippen LogP contribution < -0.4 is 9.47 Å². The largest absolute Gasteiger partial charge is 0.489 e. The van der Waals surface area contributed by atoms with Crippen molar-refractivity contribution < 1.29 is 19.0 Å². The molecule has 0 spiro atoms. The lowest BCUT2D eigenvalue weighted by Gasteiger charge is -2.10. The first-order valence-corrected chi connectivity index (χ1v) is 8.20. The van der Waals surface area contributed by atoms with Gasteiger partial charge in [0.15, 0.2) is 11.5 Å². The summed E-state index contributed by atoms with van der Waals surface area (Å²) in [6, 6.07) is 3.12. The number of carbonyl (C=O) groups is 1. The highest BCUT2D eigenvalue weighted by atomic mass is 35.5. The fraction of sp³-hybridized carbons (Fsp3) is 0.312. The second-order valence-corrected chi connectivity index (χ2v) is 6.18. The summed E-state index contributed by atoms with van der Waals surface area (Å²) in [5, 5.41) is 0.571. The Morgan fingerprint density at radius 1 is 1.12 bits per heavy atom. The number of hydrogen-bond acceptors (Lipinski definition) is 4. The zero-order chi connectivity index (χ0) is 17.9. The molecule has 0 unspecified atom stereocenters. The summed E-state index contributed by atoms with van der Waals surface area (Å²) in [6.45, 7) is 1.88. The maximum Gasteiger partial charge on any atom is 0.158 e. The maximum atomic E-state index is 10.7. The standard InChI is InChI=1S/C16H14Cl4O4/c1-11(21)10-22-5-2-3-6-24-16-13(17)8-12(9-14(16)18)23-7-4-15(19)20/h4,8-9H,5-7,10H2,1H3. The Bertz CT molecular complexity index is 635. The molecule has 0 radical (unpaired) electrons. The molecule has 0 fully saturated rings. The molecule has 1 aromatic rings. The lowest BCUT2D eigenvalue weighted by molar-refractivity contribution is -0.120. The van der Waals surface area contributed by atoms with Crippen LogP contribution in [0.25, 0.3) is 0 Å². The number of hydrogen-bond donors (Lipinski definition) is 0. The number of Topliss-reactive ketones (excluding diaryl/α,β-unsaturated/α-hetero) is 1. The highest BCUT2D eigenvalue weighted by Gasteiger charge is 2.10. The third-order valence-corrected chi connectivity index (χ3v) is 3.22. The van der Waals surface area contributed by atoms with Crippen molar-refractivity contribution in [2.24, 2.45) is 0 Å². The summed E-state index contributed by atoms with van der Waals surface area (Å²) >= 11 is 23.2. The van der Waals surface area contributed by atoms with Gasteiger partial charge in [0, 0.05) is 12.1 Å². The number of benzene rings is 1. The van der Waals surface area contributed by atoms with Crippen molar-refractivity contribution in [3.05, 3.63) is 32.7 Å². The molecule has 0 aliphatic carbocycles. The maximum absolute atomic E-state index is 10.7. The van der Waals surface area contributed by atoms with E-state index in [-0.39, 0.29) is 46.7 Å². The first-order valence-electron chi connectivity index (χ1n) is 6.69. The predicted molar refractivity (Wildman–Crippen MR) is 96.5 cm³/mol.